The molecule has 4 rings (SSSR count). The van der Waals surface area contributed by atoms with Crippen LogP contribution in [0.15, 0.2) is 59.8 Å². The molecule has 0 radical (unpaired) electrons. The van der Waals surface area contributed by atoms with Gasteiger partial charge in [-0.15, -0.1) is 10.2 Å². The Hall–Kier alpha value is -1.42. The van der Waals surface area contributed by atoms with Crippen LogP contribution in [-0.4, -0.2) is 46.0 Å². The normalized spacial score (nSPS) is 15.1. The lowest BCUT2D eigenvalue weighted by Gasteiger charge is -2.26. The minimum atomic E-state index is 0.786. The fourth-order valence-electron chi connectivity index (χ4n) is 3.02. The second-order valence-corrected chi connectivity index (χ2v) is 8.56. The highest BCUT2D eigenvalue weighted by molar-refractivity contribution is 14.1. The Morgan fingerprint density at radius 2 is 1.70 bits per heavy atom. The number of para-hydroxylation sites is 1. The molecule has 1 aromatic heterocycles. The third kappa shape index (κ3) is 4.90. The van der Waals surface area contributed by atoms with Gasteiger partial charge in [0.05, 0.1) is 19.8 Å². The highest BCUT2D eigenvalue weighted by Crippen LogP contribution is 2.26. The highest BCUT2D eigenvalue weighted by Gasteiger charge is 2.18. The molecule has 1 fully saturated rings. The molecule has 1 aliphatic rings. The van der Waals surface area contributed by atoms with Gasteiger partial charge in [-0.25, -0.2) is 0 Å². The summed E-state index contributed by atoms with van der Waals surface area (Å²) in [5.74, 6) is 1.85. The van der Waals surface area contributed by atoms with E-state index >= 15 is 0 Å². The molecule has 0 atom stereocenters. The summed E-state index contributed by atoms with van der Waals surface area (Å²) in [4.78, 5) is 2.38. The molecule has 1 saturated heterocycles. The van der Waals surface area contributed by atoms with E-state index in [9.17, 15) is 0 Å². The van der Waals surface area contributed by atoms with Gasteiger partial charge in [-0.2, -0.15) is 0 Å². The zero-order chi connectivity index (χ0) is 18.5. The summed E-state index contributed by atoms with van der Waals surface area (Å²) >= 11 is 4.06. The van der Waals surface area contributed by atoms with E-state index in [1.54, 1.807) is 11.8 Å². The molecular weight excluding hydrogens is 471 g/mol. The summed E-state index contributed by atoms with van der Waals surface area (Å²) in [6.07, 6.45) is 0. The van der Waals surface area contributed by atoms with Crippen molar-refractivity contribution in [2.75, 3.05) is 26.3 Å². The van der Waals surface area contributed by atoms with E-state index in [1.165, 1.54) is 9.13 Å². The van der Waals surface area contributed by atoms with Gasteiger partial charge in [0.2, 0.25) is 0 Å². The Morgan fingerprint density at radius 3 is 2.44 bits per heavy atom. The maximum atomic E-state index is 5.46. The van der Waals surface area contributed by atoms with E-state index in [-0.39, 0.29) is 0 Å². The van der Waals surface area contributed by atoms with Gasteiger partial charge in [0.15, 0.2) is 11.0 Å². The summed E-state index contributed by atoms with van der Waals surface area (Å²) in [5.41, 5.74) is 2.40. The monoisotopic (exact) mass is 492 g/mol. The van der Waals surface area contributed by atoms with E-state index in [4.69, 9.17) is 4.74 Å². The molecule has 5 nitrogen and oxygen atoms in total. The van der Waals surface area contributed by atoms with Crippen LogP contribution in [0.3, 0.4) is 0 Å². The number of hydrogen-bond acceptors (Lipinski definition) is 5. The highest BCUT2D eigenvalue weighted by atomic mass is 127. The zero-order valence-corrected chi connectivity index (χ0v) is 17.9. The molecule has 0 N–H and O–H groups in total. The molecule has 140 valence electrons. The second kappa shape index (κ2) is 9.18. The molecule has 27 heavy (non-hydrogen) atoms. The molecule has 1 aliphatic heterocycles. The first-order valence-electron chi connectivity index (χ1n) is 8.97. The first kappa shape index (κ1) is 18.9. The quantitative estimate of drug-likeness (QED) is 0.385. The van der Waals surface area contributed by atoms with Gasteiger partial charge in [-0.05, 0) is 52.4 Å². The van der Waals surface area contributed by atoms with Crippen LogP contribution in [0.4, 0.5) is 0 Å². The van der Waals surface area contributed by atoms with Crippen LogP contribution >= 0.6 is 34.4 Å². The van der Waals surface area contributed by atoms with Crippen molar-refractivity contribution in [3.63, 3.8) is 0 Å². The van der Waals surface area contributed by atoms with Crippen molar-refractivity contribution in [2.24, 2.45) is 0 Å². The summed E-state index contributed by atoms with van der Waals surface area (Å²) in [5, 5.41) is 9.96. The molecule has 2 heterocycles. The lowest BCUT2D eigenvalue weighted by Crippen LogP contribution is -2.36. The minimum Gasteiger partial charge on any atom is -0.379 e. The smallest absolute Gasteiger partial charge is 0.196 e. The van der Waals surface area contributed by atoms with Crippen molar-refractivity contribution >= 4 is 34.4 Å². The third-order valence-corrected chi connectivity index (χ3v) is 6.18. The summed E-state index contributed by atoms with van der Waals surface area (Å²) in [6, 6.07) is 19.0. The number of benzene rings is 2. The summed E-state index contributed by atoms with van der Waals surface area (Å²) in [7, 11) is 0. The van der Waals surface area contributed by atoms with Gasteiger partial charge in [0.25, 0.3) is 0 Å². The molecule has 0 saturated carbocycles. The number of halogens is 1. The summed E-state index contributed by atoms with van der Waals surface area (Å²) in [6.45, 7) is 4.23. The van der Waals surface area contributed by atoms with Crippen molar-refractivity contribution in [3.05, 3.63) is 69.6 Å². The predicted molar refractivity (Wildman–Crippen MR) is 116 cm³/mol. The number of morpholine rings is 1. The topological polar surface area (TPSA) is 43.2 Å². The van der Waals surface area contributed by atoms with Crippen LogP contribution in [0.1, 0.15) is 11.4 Å². The average molecular weight is 492 g/mol. The number of nitrogens with zero attached hydrogens (tertiary/aromatic N) is 4. The number of ether oxygens (including phenoxy) is 1. The largest absolute Gasteiger partial charge is 0.379 e. The number of rotatable bonds is 6. The van der Waals surface area contributed by atoms with Crippen LogP contribution in [0.2, 0.25) is 0 Å². The van der Waals surface area contributed by atoms with Gasteiger partial charge >= 0.3 is 0 Å². The average Bonchev–Trinajstić information content (AvgIpc) is 3.11. The van der Waals surface area contributed by atoms with Gasteiger partial charge in [0, 0.05) is 28.1 Å². The molecule has 0 unspecified atom stereocenters. The van der Waals surface area contributed by atoms with Gasteiger partial charge in [-0.1, -0.05) is 42.1 Å². The van der Waals surface area contributed by atoms with Crippen LogP contribution in [-0.2, 0) is 17.0 Å². The summed E-state index contributed by atoms with van der Waals surface area (Å²) < 4.78 is 8.90. The van der Waals surface area contributed by atoms with Crippen molar-refractivity contribution in [1.82, 2.24) is 19.7 Å². The fraction of sp³-hybridized carbons (Fsp3) is 0.300. The number of thioether (sulfide) groups is 1. The number of aromatic nitrogens is 3. The Labute approximate surface area is 177 Å². The minimum absolute atomic E-state index is 0.786. The third-order valence-electron chi connectivity index (χ3n) is 4.46. The van der Waals surface area contributed by atoms with E-state index in [1.807, 2.05) is 6.07 Å². The van der Waals surface area contributed by atoms with Gasteiger partial charge in [0.1, 0.15) is 0 Å². The Bertz CT molecular complexity index is 863. The van der Waals surface area contributed by atoms with Crippen LogP contribution in [0.5, 0.6) is 0 Å². The van der Waals surface area contributed by atoms with Crippen LogP contribution < -0.4 is 0 Å². The second-order valence-electron chi connectivity index (χ2n) is 6.37. The Kier molecular flexibility index (Phi) is 6.43. The maximum absolute atomic E-state index is 5.46. The Morgan fingerprint density at radius 1 is 0.963 bits per heavy atom. The Balaban J connectivity index is 1.57. The first-order valence-corrected chi connectivity index (χ1v) is 11.0. The van der Waals surface area contributed by atoms with E-state index < -0.39 is 0 Å². The van der Waals surface area contributed by atoms with E-state index in [0.29, 0.717) is 0 Å². The number of hydrogen-bond donors (Lipinski definition) is 0. The predicted octanol–water partition coefficient (Wildman–Crippen LogP) is 4.00. The van der Waals surface area contributed by atoms with Crippen molar-refractivity contribution in [2.45, 2.75) is 17.5 Å². The molecule has 0 amide bonds. The molecule has 0 spiro atoms. The SMILES string of the molecule is Ic1ccc(CSc2nnc(CN3CCOCC3)n2-c2ccccc2)cc1. The van der Waals surface area contributed by atoms with Crippen molar-refractivity contribution < 1.29 is 4.74 Å². The first-order chi connectivity index (χ1) is 13.3. The molecule has 3 aromatic rings. The lowest BCUT2D eigenvalue weighted by molar-refractivity contribution is 0.0328. The fourth-order valence-corrected chi connectivity index (χ4v) is 4.31. The maximum Gasteiger partial charge on any atom is 0.196 e. The molecule has 0 aliphatic carbocycles. The standard InChI is InChI=1S/C20H21IN4OS/c21-17-8-6-16(7-9-17)15-27-20-23-22-19(14-24-10-12-26-13-11-24)25(20)18-4-2-1-3-5-18/h1-9H,10-15H2. The van der Waals surface area contributed by atoms with Crippen molar-refractivity contribution in [1.29, 1.82) is 0 Å². The van der Waals surface area contributed by atoms with E-state index in [2.05, 4.69) is 90.8 Å². The van der Waals surface area contributed by atoms with Crippen LogP contribution in [0.25, 0.3) is 5.69 Å². The molecule has 0 bridgehead atoms. The molecule has 7 heteroatoms. The van der Waals surface area contributed by atoms with Crippen molar-refractivity contribution in [3.8, 4) is 5.69 Å². The molecular formula is C20H21IN4OS. The molecule has 2 aromatic carbocycles. The van der Waals surface area contributed by atoms with Gasteiger partial charge in [-0.3, -0.25) is 9.47 Å². The van der Waals surface area contributed by atoms with E-state index in [0.717, 1.165) is 55.3 Å². The zero-order valence-electron chi connectivity index (χ0n) is 14.9. The van der Waals surface area contributed by atoms with Crippen LogP contribution in [0, 0.1) is 3.57 Å². The lowest BCUT2D eigenvalue weighted by atomic mass is 10.2. The van der Waals surface area contributed by atoms with Gasteiger partial charge < -0.3 is 4.74 Å².